The molecular weight excluding hydrogens is 369 g/mol. The number of hydrogen-bond donors (Lipinski definition) is 1. The van der Waals surface area contributed by atoms with Crippen molar-refractivity contribution in [3.05, 3.63) is 77.4 Å². The Bertz CT molecular complexity index is 1030. The Morgan fingerprint density at radius 3 is 2.54 bits per heavy atom. The van der Waals surface area contributed by atoms with Crippen LogP contribution in [0.4, 0.5) is 24.5 Å². The topological polar surface area (TPSA) is 50.2 Å². The maximum absolute atomic E-state index is 13.3. The Hall–Kier alpha value is -3.29. The number of nitrogens with one attached hydrogen (secondary N) is 1. The van der Waals surface area contributed by atoms with Gasteiger partial charge in [-0.1, -0.05) is 0 Å². The molecule has 2 aromatic carbocycles. The second-order valence-corrected chi connectivity index (χ2v) is 6.69. The van der Waals surface area contributed by atoms with E-state index in [1.54, 1.807) is 27.8 Å². The number of rotatable bonds is 4. The lowest BCUT2D eigenvalue weighted by Gasteiger charge is -2.31. The van der Waals surface area contributed by atoms with Gasteiger partial charge in [0.25, 0.3) is 5.91 Å². The molecule has 1 aliphatic rings. The standard InChI is InChI=1S/C20H17F3N4O/c1-12-11-26(16-5-2-13(21)3-6-16)20(28)19-9-15(25-27(12)19)10-24-14-4-7-17(22)18(23)8-14/h2-9,12,24H,10-11H2,1H3/t12-/m0/s1. The second-order valence-electron chi connectivity index (χ2n) is 6.69. The fraction of sp³-hybridized carbons (Fsp3) is 0.200. The Kier molecular flexibility index (Phi) is 4.54. The third-order valence-electron chi connectivity index (χ3n) is 4.65. The molecule has 0 unspecified atom stereocenters. The first-order chi connectivity index (χ1) is 13.4. The van der Waals surface area contributed by atoms with E-state index in [2.05, 4.69) is 10.4 Å². The number of fused-ring (bicyclic) bond motifs is 1. The molecule has 0 saturated carbocycles. The van der Waals surface area contributed by atoms with Crippen molar-refractivity contribution >= 4 is 17.3 Å². The number of nitrogens with zero attached hydrogens (tertiary/aromatic N) is 3. The molecule has 3 aromatic rings. The van der Waals surface area contributed by atoms with Crippen LogP contribution in [0.1, 0.15) is 29.1 Å². The molecule has 4 rings (SSSR count). The van der Waals surface area contributed by atoms with Gasteiger partial charge in [0.05, 0.1) is 18.3 Å². The van der Waals surface area contributed by atoms with Crippen molar-refractivity contribution in [2.75, 3.05) is 16.8 Å². The van der Waals surface area contributed by atoms with E-state index >= 15 is 0 Å². The first-order valence-electron chi connectivity index (χ1n) is 8.77. The van der Waals surface area contributed by atoms with Crippen LogP contribution in [-0.4, -0.2) is 22.2 Å². The monoisotopic (exact) mass is 386 g/mol. The van der Waals surface area contributed by atoms with E-state index in [4.69, 9.17) is 0 Å². The summed E-state index contributed by atoms with van der Waals surface area (Å²) in [5.41, 5.74) is 2.05. The molecule has 0 aliphatic carbocycles. The largest absolute Gasteiger partial charge is 0.379 e. The average Bonchev–Trinajstić information content (AvgIpc) is 3.12. The van der Waals surface area contributed by atoms with Crippen molar-refractivity contribution in [1.82, 2.24) is 9.78 Å². The molecule has 1 atom stereocenters. The van der Waals surface area contributed by atoms with Gasteiger partial charge < -0.3 is 10.2 Å². The first kappa shape index (κ1) is 18.1. The Balaban J connectivity index is 1.54. The third-order valence-corrected chi connectivity index (χ3v) is 4.65. The summed E-state index contributed by atoms with van der Waals surface area (Å²) in [7, 11) is 0. The summed E-state index contributed by atoms with van der Waals surface area (Å²) in [5, 5.41) is 7.43. The number of amides is 1. The Morgan fingerprint density at radius 1 is 1.07 bits per heavy atom. The van der Waals surface area contributed by atoms with E-state index in [-0.39, 0.29) is 24.3 Å². The molecule has 5 nitrogen and oxygen atoms in total. The molecule has 144 valence electrons. The summed E-state index contributed by atoms with van der Waals surface area (Å²) in [6.45, 7) is 2.60. The van der Waals surface area contributed by atoms with Crippen molar-refractivity contribution in [1.29, 1.82) is 0 Å². The van der Waals surface area contributed by atoms with E-state index in [1.807, 2.05) is 6.92 Å². The molecule has 2 heterocycles. The molecule has 0 saturated heterocycles. The zero-order valence-electron chi connectivity index (χ0n) is 15.0. The fourth-order valence-electron chi connectivity index (χ4n) is 3.23. The van der Waals surface area contributed by atoms with E-state index in [1.165, 1.54) is 18.2 Å². The lowest BCUT2D eigenvalue weighted by atomic mass is 10.1. The van der Waals surface area contributed by atoms with Crippen LogP contribution in [0.25, 0.3) is 0 Å². The van der Waals surface area contributed by atoms with Crippen LogP contribution < -0.4 is 10.2 Å². The van der Waals surface area contributed by atoms with E-state index < -0.39 is 11.6 Å². The highest BCUT2D eigenvalue weighted by atomic mass is 19.2. The van der Waals surface area contributed by atoms with Crippen LogP contribution in [0, 0.1) is 17.5 Å². The number of carbonyl (C=O) groups is 1. The molecule has 0 fully saturated rings. The quantitative estimate of drug-likeness (QED) is 0.733. The van der Waals surface area contributed by atoms with Crippen LogP contribution in [0.15, 0.2) is 48.5 Å². The molecule has 0 bridgehead atoms. The number of anilines is 2. The first-order valence-corrected chi connectivity index (χ1v) is 8.77. The van der Waals surface area contributed by atoms with Crippen LogP contribution in [0.3, 0.4) is 0 Å². The SMILES string of the molecule is C[C@H]1CN(c2ccc(F)cc2)C(=O)c2cc(CNc3ccc(F)c(F)c3)nn21. The van der Waals surface area contributed by atoms with Gasteiger partial charge in [-0.15, -0.1) is 0 Å². The molecule has 1 aromatic heterocycles. The second kappa shape index (κ2) is 7.03. The van der Waals surface area contributed by atoms with Crippen LogP contribution >= 0.6 is 0 Å². The van der Waals surface area contributed by atoms with Gasteiger partial charge in [0, 0.05) is 24.0 Å². The number of carbonyl (C=O) groups excluding carboxylic acids is 1. The molecule has 0 radical (unpaired) electrons. The highest BCUT2D eigenvalue weighted by Crippen LogP contribution is 2.27. The third kappa shape index (κ3) is 3.33. The maximum atomic E-state index is 13.3. The molecule has 1 aliphatic heterocycles. The summed E-state index contributed by atoms with van der Waals surface area (Å²) >= 11 is 0. The molecular formula is C20H17F3N4O. The molecule has 1 amide bonds. The van der Waals surface area contributed by atoms with Crippen molar-refractivity contribution in [3.63, 3.8) is 0 Å². The average molecular weight is 386 g/mol. The zero-order valence-corrected chi connectivity index (χ0v) is 15.0. The van der Waals surface area contributed by atoms with Gasteiger partial charge in [-0.25, -0.2) is 13.2 Å². The number of hydrogen-bond acceptors (Lipinski definition) is 3. The highest BCUT2D eigenvalue weighted by Gasteiger charge is 2.31. The predicted molar refractivity (Wildman–Crippen MR) is 98.7 cm³/mol. The number of halogens is 3. The summed E-state index contributed by atoms with van der Waals surface area (Å²) in [5.74, 6) is -2.44. The minimum absolute atomic E-state index is 0.0743. The highest BCUT2D eigenvalue weighted by molar-refractivity contribution is 6.05. The van der Waals surface area contributed by atoms with Gasteiger partial charge in [0.1, 0.15) is 11.5 Å². The van der Waals surface area contributed by atoms with Gasteiger partial charge >= 0.3 is 0 Å². The number of benzene rings is 2. The Morgan fingerprint density at radius 2 is 1.82 bits per heavy atom. The lowest BCUT2D eigenvalue weighted by Crippen LogP contribution is -2.42. The summed E-state index contributed by atoms with van der Waals surface area (Å²) in [4.78, 5) is 14.5. The van der Waals surface area contributed by atoms with Crippen molar-refractivity contribution < 1.29 is 18.0 Å². The van der Waals surface area contributed by atoms with E-state index in [0.29, 0.717) is 29.3 Å². The fourth-order valence-corrected chi connectivity index (χ4v) is 3.23. The smallest absolute Gasteiger partial charge is 0.276 e. The molecule has 0 spiro atoms. The minimum Gasteiger partial charge on any atom is -0.379 e. The van der Waals surface area contributed by atoms with Crippen LogP contribution in [0.5, 0.6) is 0 Å². The Labute approximate surface area is 159 Å². The van der Waals surface area contributed by atoms with Gasteiger partial charge in [0.2, 0.25) is 0 Å². The van der Waals surface area contributed by atoms with E-state index in [9.17, 15) is 18.0 Å². The van der Waals surface area contributed by atoms with Crippen LogP contribution in [-0.2, 0) is 6.54 Å². The normalized spacial score (nSPS) is 16.2. The van der Waals surface area contributed by atoms with Gasteiger partial charge in [-0.3, -0.25) is 9.48 Å². The molecule has 28 heavy (non-hydrogen) atoms. The van der Waals surface area contributed by atoms with Crippen molar-refractivity contribution in [2.24, 2.45) is 0 Å². The van der Waals surface area contributed by atoms with E-state index in [0.717, 1.165) is 12.1 Å². The van der Waals surface area contributed by atoms with Crippen molar-refractivity contribution in [2.45, 2.75) is 19.5 Å². The van der Waals surface area contributed by atoms with Crippen LogP contribution in [0.2, 0.25) is 0 Å². The van der Waals surface area contributed by atoms with Crippen molar-refractivity contribution in [3.8, 4) is 0 Å². The van der Waals surface area contributed by atoms with Gasteiger partial charge in [0.15, 0.2) is 11.6 Å². The summed E-state index contributed by atoms with van der Waals surface area (Å²) in [6.07, 6.45) is 0. The van der Waals surface area contributed by atoms with Gasteiger partial charge in [-0.05, 0) is 49.4 Å². The maximum Gasteiger partial charge on any atom is 0.276 e. The lowest BCUT2D eigenvalue weighted by molar-refractivity contribution is 0.0953. The molecule has 8 heteroatoms. The van der Waals surface area contributed by atoms with Gasteiger partial charge in [-0.2, -0.15) is 5.10 Å². The summed E-state index contributed by atoms with van der Waals surface area (Å²) in [6, 6.07) is 10.9. The molecule has 1 N–H and O–H groups in total. The zero-order chi connectivity index (χ0) is 19.8. The minimum atomic E-state index is -0.937. The number of aromatic nitrogens is 2. The predicted octanol–water partition coefficient (Wildman–Crippen LogP) is 4.13. The summed E-state index contributed by atoms with van der Waals surface area (Å²) < 4.78 is 41.2.